The number of hydrogen-bond donors (Lipinski definition) is 3. The Hall–Kier alpha value is -4.62. The molecule has 0 aliphatic carbocycles. The first-order valence-corrected chi connectivity index (χ1v) is 12.3. The molecule has 190 valence electrons. The minimum Gasteiger partial charge on any atom is -0.505 e. The number of para-hydroxylation sites is 1. The summed E-state index contributed by atoms with van der Waals surface area (Å²) in [6, 6.07) is 24.3. The zero-order valence-corrected chi connectivity index (χ0v) is 21.4. The van der Waals surface area contributed by atoms with Crippen LogP contribution in [0.15, 0.2) is 95.2 Å². The maximum Gasteiger partial charge on any atom is 0.335 e. The van der Waals surface area contributed by atoms with Gasteiger partial charge >= 0.3 is 5.97 Å². The quantitative estimate of drug-likeness (QED) is 0.193. The van der Waals surface area contributed by atoms with Crippen molar-refractivity contribution >= 4 is 39.8 Å². The molecule has 0 aliphatic heterocycles. The molecule has 0 saturated carbocycles. The molecule has 0 radical (unpaired) electrons. The first kappa shape index (κ1) is 25.0. The lowest BCUT2D eigenvalue weighted by atomic mass is 10.0. The number of carboxylic acid groups (broad SMARTS) is 1. The second-order valence-electron chi connectivity index (χ2n) is 9.17. The number of phenols is 1. The van der Waals surface area contributed by atoms with E-state index in [1.54, 1.807) is 53.1 Å². The van der Waals surface area contributed by atoms with Crippen LogP contribution in [0, 0.1) is 0 Å². The van der Waals surface area contributed by atoms with Gasteiger partial charge in [-0.15, -0.1) is 10.2 Å². The number of rotatable bonds is 6. The van der Waals surface area contributed by atoms with E-state index in [2.05, 4.69) is 24.1 Å². The van der Waals surface area contributed by atoms with Crippen molar-refractivity contribution in [1.82, 2.24) is 4.57 Å². The van der Waals surface area contributed by atoms with Crippen LogP contribution in [-0.4, -0.2) is 25.9 Å². The van der Waals surface area contributed by atoms with Crippen LogP contribution < -0.4 is 0 Å². The van der Waals surface area contributed by atoms with Crippen molar-refractivity contribution in [2.45, 2.75) is 19.8 Å². The van der Waals surface area contributed by atoms with Crippen molar-refractivity contribution in [2.24, 2.45) is 10.2 Å². The lowest BCUT2D eigenvalue weighted by Crippen LogP contribution is -1.95. The predicted octanol–water partition coefficient (Wildman–Crippen LogP) is 8.60. The molecule has 8 heteroatoms. The van der Waals surface area contributed by atoms with E-state index in [4.69, 9.17) is 11.6 Å². The molecule has 0 bridgehead atoms. The van der Waals surface area contributed by atoms with Gasteiger partial charge in [0, 0.05) is 21.7 Å². The van der Waals surface area contributed by atoms with Crippen molar-refractivity contribution < 1.29 is 20.1 Å². The van der Waals surface area contributed by atoms with E-state index in [1.165, 1.54) is 17.7 Å². The van der Waals surface area contributed by atoms with Crippen molar-refractivity contribution in [1.29, 1.82) is 0 Å². The van der Waals surface area contributed by atoms with Gasteiger partial charge in [-0.2, -0.15) is 0 Å². The zero-order chi connectivity index (χ0) is 27.0. The molecule has 0 fully saturated rings. The fourth-order valence-electron chi connectivity index (χ4n) is 4.37. The minimum absolute atomic E-state index is 0.103. The van der Waals surface area contributed by atoms with Gasteiger partial charge < -0.3 is 15.3 Å². The van der Waals surface area contributed by atoms with Crippen LogP contribution in [0.2, 0.25) is 5.02 Å². The standard InChI is InChI=1S/C30H24ClN3O4/c1-17(2)18-9-12-22(13-10-18)34-26-16-21(31)11-14-24(26)27(29(34)36)33-32-25-8-4-7-23(28(25)35)19-5-3-6-20(15-19)30(37)38/h3-17,35-36H,1-2H3,(H,37,38). The molecule has 4 aromatic carbocycles. The average molecular weight is 526 g/mol. The highest BCUT2D eigenvalue weighted by atomic mass is 35.5. The third-order valence-electron chi connectivity index (χ3n) is 6.39. The number of aromatic carboxylic acids is 1. The molecule has 5 rings (SSSR count). The summed E-state index contributed by atoms with van der Waals surface area (Å²) in [6.07, 6.45) is 0. The van der Waals surface area contributed by atoms with Gasteiger partial charge in [-0.25, -0.2) is 4.79 Å². The zero-order valence-electron chi connectivity index (χ0n) is 20.6. The Morgan fingerprint density at radius 3 is 2.34 bits per heavy atom. The van der Waals surface area contributed by atoms with Gasteiger partial charge in [0.15, 0.2) is 11.4 Å². The number of phenolic OH excluding ortho intramolecular Hbond substituents is 1. The fourth-order valence-corrected chi connectivity index (χ4v) is 4.53. The summed E-state index contributed by atoms with van der Waals surface area (Å²) in [5.41, 5.74) is 4.00. The number of aromatic nitrogens is 1. The first-order chi connectivity index (χ1) is 18.2. The summed E-state index contributed by atoms with van der Waals surface area (Å²) in [5, 5.41) is 41.2. The van der Waals surface area contributed by atoms with E-state index in [-0.39, 0.29) is 28.6 Å². The molecule has 0 saturated heterocycles. The Morgan fingerprint density at radius 2 is 1.63 bits per heavy atom. The summed E-state index contributed by atoms with van der Waals surface area (Å²) in [4.78, 5) is 11.4. The van der Waals surface area contributed by atoms with E-state index in [1.807, 2.05) is 24.3 Å². The highest BCUT2D eigenvalue weighted by molar-refractivity contribution is 6.31. The number of halogens is 1. The summed E-state index contributed by atoms with van der Waals surface area (Å²) in [5.74, 6) is -0.969. The Bertz CT molecular complexity index is 1710. The molecular formula is C30H24ClN3O4. The Kier molecular flexibility index (Phi) is 6.61. The maximum atomic E-state index is 11.4. The largest absolute Gasteiger partial charge is 0.505 e. The smallest absolute Gasteiger partial charge is 0.335 e. The lowest BCUT2D eigenvalue weighted by Gasteiger charge is -2.10. The molecular weight excluding hydrogens is 502 g/mol. The summed E-state index contributed by atoms with van der Waals surface area (Å²) in [6.45, 7) is 4.23. The SMILES string of the molecule is CC(C)c1ccc(-n2c(O)c(N=Nc3cccc(-c4cccc(C(=O)O)c4)c3O)c3ccc(Cl)cc32)cc1. The molecule has 0 amide bonds. The molecule has 7 nitrogen and oxygen atoms in total. The molecule has 0 spiro atoms. The topological polar surface area (TPSA) is 107 Å². The fraction of sp³-hybridized carbons (Fsp3) is 0.100. The van der Waals surface area contributed by atoms with E-state index < -0.39 is 5.97 Å². The lowest BCUT2D eigenvalue weighted by molar-refractivity contribution is 0.0697. The molecule has 5 aromatic rings. The average Bonchev–Trinajstić information content (AvgIpc) is 3.18. The second kappa shape index (κ2) is 10.0. The van der Waals surface area contributed by atoms with Gasteiger partial charge in [0.05, 0.1) is 11.1 Å². The van der Waals surface area contributed by atoms with Crippen molar-refractivity contribution in [2.75, 3.05) is 0 Å². The van der Waals surface area contributed by atoms with Crippen LogP contribution in [-0.2, 0) is 0 Å². The van der Waals surface area contributed by atoms with Crippen molar-refractivity contribution in [3.05, 3.63) is 101 Å². The summed E-state index contributed by atoms with van der Waals surface area (Å²) < 4.78 is 1.66. The minimum atomic E-state index is -1.06. The summed E-state index contributed by atoms with van der Waals surface area (Å²) >= 11 is 6.29. The van der Waals surface area contributed by atoms with E-state index in [9.17, 15) is 20.1 Å². The molecule has 0 aliphatic rings. The van der Waals surface area contributed by atoms with Crippen molar-refractivity contribution in [3.63, 3.8) is 0 Å². The normalized spacial score (nSPS) is 11.6. The number of carbonyl (C=O) groups is 1. The van der Waals surface area contributed by atoms with Gasteiger partial charge in [-0.05, 0) is 65.6 Å². The van der Waals surface area contributed by atoms with E-state index in [0.717, 1.165) is 5.69 Å². The molecule has 1 aromatic heterocycles. The maximum absolute atomic E-state index is 11.4. The van der Waals surface area contributed by atoms with Gasteiger partial charge in [0.25, 0.3) is 0 Å². The number of benzene rings is 4. The van der Waals surface area contributed by atoms with E-state index in [0.29, 0.717) is 33.0 Å². The second-order valence-corrected chi connectivity index (χ2v) is 9.61. The van der Waals surface area contributed by atoms with Crippen LogP contribution in [0.3, 0.4) is 0 Å². The number of carboxylic acids is 1. The number of fused-ring (bicyclic) bond motifs is 1. The van der Waals surface area contributed by atoms with Gasteiger partial charge in [-0.3, -0.25) is 4.57 Å². The Morgan fingerprint density at radius 1 is 0.895 bits per heavy atom. The first-order valence-electron chi connectivity index (χ1n) is 12.0. The third-order valence-corrected chi connectivity index (χ3v) is 6.63. The number of aromatic hydroxyl groups is 2. The van der Waals surface area contributed by atoms with Gasteiger partial charge in [0.1, 0.15) is 5.69 Å². The highest BCUT2D eigenvalue weighted by Gasteiger charge is 2.19. The highest BCUT2D eigenvalue weighted by Crippen LogP contribution is 2.44. The molecule has 1 heterocycles. The molecule has 38 heavy (non-hydrogen) atoms. The number of hydrogen-bond acceptors (Lipinski definition) is 5. The summed E-state index contributed by atoms with van der Waals surface area (Å²) in [7, 11) is 0. The van der Waals surface area contributed by atoms with Crippen LogP contribution in [0.4, 0.5) is 11.4 Å². The van der Waals surface area contributed by atoms with Crippen molar-refractivity contribution in [3.8, 4) is 28.4 Å². The predicted molar refractivity (Wildman–Crippen MR) is 149 cm³/mol. The van der Waals surface area contributed by atoms with Gasteiger partial charge in [-0.1, -0.05) is 61.8 Å². The van der Waals surface area contributed by atoms with Gasteiger partial charge in [0.2, 0.25) is 5.88 Å². The van der Waals surface area contributed by atoms with Crippen LogP contribution in [0.5, 0.6) is 11.6 Å². The van der Waals surface area contributed by atoms with Crippen LogP contribution >= 0.6 is 11.6 Å². The number of nitrogens with zero attached hydrogens (tertiary/aromatic N) is 3. The van der Waals surface area contributed by atoms with E-state index >= 15 is 0 Å². The van der Waals surface area contributed by atoms with Crippen LogP contribution in [0.1, 0.15) is 35.7 Å². The third kappa shape index (κ3) is 4.60. The number of azo groups is 1. The molecule has 3 N–H and O–H groups in total. The Balaban J connectivity index is 1.59. The molecule has 0 unspecified atom stereocenters. The Labute approximate surface area is 223 Å². The van der Waals surface area contributed by atoms with Crippen LogP contribution in [0.25, 0.3) is 27.7 Å². The monoisotopic (exact) mass is 525 g/mol. The molecule has 0 atom stereocenters.